The first-order valence-electron chi connectivity index (χ1n) is 4.25. The minimum Gasteiger partial charge on any atom is -0.481 e. The number of halogens is 2. The molecule has 0 aliphatic heterocycles. The van der Waals surface area contributed by atoms with Gasteiger partial charge in [-0.3, -0.25) is 19.2 Å². The van der Waals surface area contributed by atoms with Crippen LogP contribution < -0.4 is 0 Å². The van der Waals surface area contributed by atoms with Crippen LogP contribution in [0.1, 0.15) is 12.8 Å². The van der Waals surface area contributed by atoms with Gasteiger partial charge in [-0.2, -0.15) is 0 Å². The van der Waals surface area contributed by atoms with E-state index in [1.807, 2.05) is 0 Å². The molecule has 2 unspecified atom stereocenters. The van der Waals surface area contributed by atoms with Crippen molar-refractivity contribution >= 4 is 55.7 Å². The van der Waals surface area contributed by atoms with Gasteiger partial charge in [-0.05, 0) is 0 Å². The normalized spacial score (nSPS) is 17.2. The Kier molecular flexibility index (Phi) is 5.29. The molecule has 0 aromatic rings. The molecule has 4 N–H and O–H groups in total. The van der Waals surface area contributed by atoms with E-state index in [0.29, 0.717) is 0 Å². The topological polar surface area (TPSA) is 149 Å². The second-order valence-electron chi connectivity index (χ2n) is 3.35. The minimum absolute atomic E-state index is 1.12. The monoisotopic (exact) mass is 390 g/mol. The minimum atomic E-state index is -2.50. The van der Waals surface area contributed by atoms with Gasteiger partial charge in [0.1, 0.15) is 0 Å². The Bertz CT molecular complexity index is 370. The molecule has 0 saturated carbocycles. The first kappa shape index (κ1) is 16.8. The molecule has 2 atom stereocenters. The van der Waals surface area contributed by atoms with Crippen LogP contribution in [0.15, 0.2) is 0 Å². The number of aliphatic carboxylic acids is 4. The first-order valence-corrected chi connectivity index (χ1v) is 5.84. The predicted octanol–water partition coefficient (Wildman–Crippen LogP) is 0.372. The highest BCUT2D eigenvalue weighted by atomic mass is 79.9. The van der Waals surface area contributed by atoms with Crippen molar-refractivity contribution in [3.63, 3.8) is 0 Å². The molecule has 0 aromatic heterocycles. The van der Waals surface area contributed by atoms with E-state index in [1.54, 1.807) is 0 Å². The van der Waals surface area contributed by atoms with Gasteiger partial charge >= 0.3 is 23.9 Å². The molecule has 0 rings (SSSR count). The summed E-state index contributed by atoms with van der Waals surface area (Å²) in [5.74, 6) is -6.79. The maximum absolute atomic E-state index is 11.1. The Labute approximate surface area is 117 Å². The predicted molar refractivity (Wildman–Crippen MR) is 63.1 cm³/mol. The molecule has 0 aliphatic carbocycles. The van der Waals surface area contributed by atoms with Gasteiger partial charge in [0.25, 0.3) is 0 Å². The highest BCUT2D eigenvalue weighted by Gasteiger charge is 2.61. The van der Waals surface area contributed by atoms with Crippen molar-refractivity contribution in [3.05, 3.63) is 0 Å². The molecule has 0 aliphatic rings. The van der Waals surface area contributed by atoms with Crippen molar-refractivity contribution in [2.24, 2.45) is 0 Å². The third kappa shape index (κ3) is 3.19. The number of carboxylic acids is 4. The average Bonchev–Trinajstić information content (AvgIpc) is 2.14. The van der Waals surface area contributed by atoms with E-state index in [1.165, 1.54) is 0 Å². The molecule has 0 radical (unpaired) electrons. The molecule has 0 spiro atoms. The Balaban J connectivity index is 5.78. The number of carboxylic acid groups (broad SMARTS) is 4. The van der Waals surface area contributed by atoms with E-state index in [-0.39, 0.29) is 0 Å². The molecule has 0 heterocycles. The molecule has 10 heteroatoms. The van der Waals surface area contributed by atoms with Gasteiger partial charge in [0.15, 0.2) is 8.65 Å². The standard InChI is InChI=1S/C8H8Br2O8/c9-7(5(15)16,1-3(11)12)8(10,6(17)18)2-4(13)14/h1-2H2,(H,11,12)(H,13,14)(H,15,16)(H,17,18). The summed E-state index contributed by atoms with van der Waals surface area (Å²) in [4.78, 5) is 43.4. The summed E-state index contributed by atoms with van der Waals surface area (Å²) in [5.41, 5.74) is 0. The van der Waals surface area contributed by atoms with Crippen molar-refractivity contribution in [2.45, 2.75) is 21.5 Å². The fourth-order valence-corrected chi connectivity index (χ4v) is 2.29. The summed E-state index contributed by atoms with van der Waals surface area (Å²) in [6.45, 7) is 0. The van der Waals surface area contributed by atoms with Crippen LogP contribution in [-0.2, 0) is 19.2 Å². The lowest BCUT2D eigenvalue weighted by Gasteiger charge is -2.34. The molecule has 0 bridgehead atoms. The number of hydrogen-bond donors (Lipinski definition) is 4. The summed E-state index contributed by atoms with van der Waals surface area (Å²) in [7, 11) is 0. The lowest BCUT2D eigenvalue weighted by atomic mass is 9.86. The molecule has 0 aromatic carbocycles. The van der Waals surface area contributed by atoms with Gasteiger partial charge in [0.2, 0.25) is 0 Å². The van der Waals surface area contributed by atoms with Crippen LogP contribution in [0, 0.1) is 0 Å². The number of carbonyl (C=O) groups is 4. The summed E-state index contributed by atoms with van der Waals surface area (Å²) < 4.78 is -5.01. The number of rotatable bonds is 7. The zero-order valence-corrected chi connectivity index (χ0v) is 11.8. The van der Waals surface area contributed by atoms with Gasteiger partial charge in [0, 0.05) is 0 Å². The maximum Gasteiger partial charge on any atom is 0.323 e. The van der Waals surface area contributed by atoms with Crippen molar-refractivity contribution in [3.8, 4) is 0 Å². The third-order valence-electron chi connectivity index (χ3n) is 2.10. The summed E-state index contributed by atoms with van der Waals surface area (Å²) in [6.07, 6.45) is -2.24. The SMILES string of the molecule is O=C(O)CC(Br)(C(=O)O)C(Br)(CC(=O)O)C(=O)O. The van der Waals surface area contributed by atoms with Crippen molar-refractivity contribution in [2.75, 3.05) is 0 Å². The fourth-order valence-electron chi connectivity index (χ4n) is 1.19. The number of alkyl halides is 2. The van der Waals surface area contributed by atoms with Crippen molar-refractivity contribution in [1.29, 1.82) is 0 Å². The van der Waals surface area contributed by atoms with E-state index in [4.69, 9.17) is 20.4 Å². The molecule has 102 valence electrons. The van der Waals surface area contributed by atoms with Crippen LogP contribution in [0.25, 0.3) is 0 Å². The van der Waals surface area contributed by atoms with Crippen molar-refractivity contribution in [1.82, 2.24) is 0 Å². The average molecular weight is 392 g/mol. The van der Waals surface area contributed by atoms with Gasteiger partial charge in [-0.15, -0.1) is 0 Å². The van der Waals surface area contributed by atoms with E-state index in [0.717, 1.165) is 0 Å². The van der Waals surface area contributed by atoms with E-state index >= 15 is 0 Å². The smallest absolute Gasteiger partial charge is 0.323 e. The molecule has 0 saturated heterocycles. The Morgan fingerprint density at radius 1 is 0.722 bits per heavy atom. The second-order valence-corrected chi connectivity index (χ2v) is 6.06. The van der Waals surface area contributed by atoms with E-state index in [9.17, 15) is 19.2 Å². The maximum atomic E-state index is 11.1. The van der Waals surface area contributed by atoms with E-state index < -0.39 is 45.4 Å². The summed E-state index contributed by atoms with van der Waals surface area (Å²) in [6, 6.07) is 0. The molecular formula is C8H8Br2O8. The molecular weight excluding hydrogens is 384 g/mol. The molecule has 0 amide bonds. The summed E-state index contributed by atoms with van der Waals surface area (Å²) in [5, 5.41) is 35.2. The van der Waals surface area contributed by atoms with Crippen LogP contribution in [-0.4, -0.2) is 53.0 Å². The van der Waals surface area contributed by atoms with E-state index in [2.05, 4.69) is 31.9 Å². The van der Waals surface area contributed by atoms with Gasteiger partial charge in [0.05, 0.1) is 12.8 Å². The van der Waals surface area contributed by atoms with Crippen LogP contribution >= 0.6 is 31.9 Å². The van der Waals surface area contributed by atoms with Gasteiger partial charge in [-0.25, -0.2) is 0 Å². The lowest BCUT2D eigenvalue weighted by Crippen LogP contribution is -2.57. The summed E-state index contributed by atoms with van der Waals surface area (Å²) >= 11 is 5.06. The largest absolute Gasteiger partial charge is 0.481 e. The highest BCUT2D eigenvalue weighted by molar-refractivity contribution is 9.13. The third-order valence-corrected chi connectivity index (χ3v) is 5.22. The van der Waals surface area contributed by atoms with Gasteiger partial charge in [-0.1, -0.05) is 31.9 Å². The Morgan fingerprint density at radius 2 is 0.944 bits per heavy atom. The molecule has 0 fully saturated rings. The van der Waals surface area contributed by atoms with Gasteiger partial charge < -0.3 is 20.4 Å². The van der Waals surface area contributed by atoms with Crippen molar-refractivity contribution < 1.29 is 39.6 Å². The lowest BCUT2D eigenvalue weighted by molar-refractivity contribution is -0.154. The quantitative estimate of drug-likeness (QED) is 0.454. The molecule has 8 nitrogen and oxygen atoms in total. The zero-order valence-electron chi connectivity index (χ0n) is 8.59. The van der Waals surface area contributed by atoms with Crippen LogP contribution in [0.4, 0.5) is 0 Å². The second kappa shape index (κ2) is 5.65. The van der Waals surface area contributed by atoms with Crippen LogP contribution in [0.2, 0.25) is 0 Å². The first-order chi connectivity index (χ1) is 7.97. The van der Waals surface area contributed by atoms with Crippen LogP contribution in [0.5, 0.6) is 0 Å². The Morgan fingerprint density at radius 3 is 1.06 bits per heavy atom. The zero-order chi connectivity index (χ0) is 14.7. The Hall–Kier alpha value is -1.16. The van der Waals surface area contributed by atoms with Crippen LogP contribution in [0.3, 0.4) is 0 Å². The fraction of sp³-hybridized carbons (Fsp3) is 0.500. The molecule has 18 heavy (non-hydrogen) atoms. The highest BCUT2D eigenvalue weighted by Crippen LogP contribution is 2.44. The number of hydrogen-bond acceptors (Lipinski definition) is 4.